The van der Waals surface area contributed by atoms with Gasteiger partial charge in [0.25, 0.3) is 0 Å². The molecule has 2 N–H and O–H groups in total. The summed E-state index contributed by atoms with van der Waals surface area (Å²) in [6.45, 7) is 5.75. The number of rotatable bonds is 1. The molecule has 0 unspecified atom stereocenters. The van der Waals surface area contributed by atoms with Crippen molar-refractivity contribution in [2.24, 2.45) is 0 Å². The van der Waals surface area contributed by atoms with E-state index in [0.717, 1.165) is 4.47 Å². The monoisotopic (exact) mass is 304 g/mol. The Bertz CT molecular complexity index is 401. The summed E-state index contributed by atoms with van der Waals surface area (Å²) >= 11 is 9.18. The van der Waals surface area contributed by atoms with Crippen molar-refractivity contribution in [3.8, 4) is 0 Å². The van der Waals surface area contributed by atoms with Gasteiger partial charge in [-0.15, -0.1) is 0 Å². The van der Waals surface area contributed by atoms with Crippen molar-refractivity contribution in [2.75, 3.05) is 5.32 Å². The first-order chi connectivity index (χ1) is 7.28. The normalized spacial score (nSPS) is 11.1. The van der Waals surface area contributed by atoms with Gasteiger partial charge >= 0.3 is 6.03 Å². The Hall–Kier alpha value is -0.740. The number of carbonyl (C=O) groups is 1. The SMILES string of the molecule is CC(C)(C)NC(=O)Nc1cc(Cl)ccc1Br. The molecule has 0 aliphatic heterocycles. The molecule has 0 radical (unpaired) electrons. The number of carbonyl (C=O) groups excluding carboxylic acids is 1. The van der Waals surface area contributed by atoms with Gasteiger partial charge in [0, 0.05) is 15.0 Å². The number of halogens is 2. The Balaban J connectivity index is 2.73. The summed E-state index contributed by atoms with van der Waals surface area (Å²) in [4.78, 5) is 11.6. The van der Waals surface area contributed by atoms with Crippen LogP contribution in [0.2, 0.25) is 5.02 Å². The van der Waals surface area contributed by atoms with Crippen LogP contribution in [0, 0.1) is 0 Å². The van der Waals surface area contributed by atoms with Crippen molar-refractivity contribution in [1.29, 1.82) is 0 Å². The number of urea groups is 1. The van der Waals surface area contributed by atoms with Crippen molar-refractivity contribution in [3.05, 3.63) is 27.7 Å². The fourth-order valence-electron chi connectivity index (χ4n) is 1.09. The zero-order valence-electron chi connectivity index (χ0n) is 9.40. The van der Waals surface area contributed by atoms with E-state index < -0.39 is 0 Å². The highest BCUT2D eigenvalue weighted by atomic mass is 79.9. The first-order valence-corrected chi connectivity index (χ1v) is 5.99. The minimum atomic E-state index is -0.269. The highest BCUT2D eigenvalue weighted by molar-refractivity contribution is 9.10. The lowest BCUT2D eigenvalue weighted by Crippen LogP contribution is -2.43. The zero-order chi connectivity index (χ0) is 12.3. The second-order valence-corrected chi connectivity index (χ2v) is 5.74. The van der Waals surface area contributed by atoms with Crippen molar-refractivity contribution in [2.45, 2.75) is 26.3 Å². The van der Waals surface area contributed by atoms with Crippen LogP contribution in [-0.2, 0) is 0 Å². The molecule has 1 aromatic rings. The maximum absolute atomic E-state index is 11.6. The third-order valence-electron chi connectivity index (χ3n) is 1.67. The van der Waals surface area contributed by atoms with Crippen LogP contribution in [0.15, 0.2) is 22.7 Å². The highest BCUT2D eigenvalue weighted by Crippen LogP contribution is 2.25. The number of nitrogens with one attached hydrogen (secondary N) is 2. The number of benzene rings is 1. The number of amides is 2. The van der Waals surface area contributed by atoms with Gasteiger partial charge in [-0.1, -0.05) is 11.6 Å². The molecule has 0 aliphatic rings. The van der Waals surface area contributed by atoms with E-state index in [9.17, 15) is 4.79 Å². The molecule has 0 bridgehead atoms. The Morgan fingerprint density at radius 3 is 2.56 bits per heavy atom. The van der Waals surface area contributed by atoms with Gasteiger partial charge < -0.3 is 10.6 Å². The molecule has 1 aromatic carbocycles. The second kappa shape index (κ2) is 5.06. The molecule has 88 valence electrons. The zero-order valence-corrected chi connectivity index (χ0v) is 11.7. The molecule has 0 saturated heterocycles. The predicted octanol–water partition coefficient (Wildman–Crippen LogP) is 4.02. The van der Waals surface area contributed by atoms with E-state index in [0.29, 0.717) is 10.7 Å². The van der Waals surface area contributed by atoms with Crippen LogP contribution in [-0.4, -0.2) is 11.6 Å². The van der Waals surface area contributed by atoms with Gasteiger partial charge in [-0.2, -0.15) is 0 Å². The van der Waals surface area contributed by atoms with Crippen LogP contribution in [0.5, 0.6) is 0 Å². The van der Waals surface area contributed by atoms with Crippen molar-refractivity contribution >= 4 is 39.2 Å². The average Bonchev–Trinajstić information content (AvgIpc) is 2.08. The minimum absolute atomic E-state index is 0.254. The van der Waals surface area contributed by atoms with Gasteiger partial charge in [-0.25, -0.2) is 4.79 Å². The van der Waals surface area contributed by atoms with Gasteiger partial charge in [0.2, 0.25) is 0 Å². The smallest absolute Gasteiger partial charge is 0.319 e. The fraction of sp³-hybridized carbons (Fsp3) is 0.364. The lowest BCUT2D eigenvalue weighted by molar-refractivity contribution is 0.244. The second-order valence-electron chi connectivity index (χ2n) is 4.45. The molecular formula is C11H14BrClN2O. The van der Waals surface area contributed by atoms with E-state index in [1.54, 1.807) is 18.2 Å². The van der Waals surface area contributed by atoms with Crippen molar-refractivity contribution in [3.63, 3.8) is 0 Å². The van der Waals surface area contributed by atoms with Gasteiger partial charge in [-0.05, 0) is 54.9 Å². The summed E-state index contributed by atoms with van der Waals surface area (Å²) in [5, 5.41) is 6.10. The van der Waals surface area contributed by atoms with Crippen LogP contribution in [0.1, 0.15) is 20.8 Å². The van der Waals surface area contributed by atoms with Gasteiger partial charge in [-0.3, -0.25) is 0 Å². The fourth-order valence-corrected chi connectivity index (χ4v) is 1.61. The topological polar surface area (TPSA) is 41.1 Å². The van der Waals surface area contributed by atoms with E-state index in [1.165, 1.54) is 0 Å². The predicted molar refractivity (Wildman–Crippen MR) is 71.1 cm³/mol. The quantitative estimate of drug-likeness (QED) is 0.808. The summed E-state index contributed by atoms with van der Waals surface area (Å²) in [7, 11) is 0. The van der Waals surface area contributed by atoms with Gasteiger partial charge in [0.1, 0.15) is 0 Å². The molecule has 3 nitrogen and oxygen atoms in total. The maximum atomic E-state index is 11.6. The van der Waals surface area contributed by atoms with E-state index in [1.807, 2.05) is 20.8 Å². The standard InChI is InChI=1S/C11H14BrClN2O/c1-11(2,3)15-10(16)14-9-6-7(13)4-5-8(9)12/h4-6H,1-3H3,(H2,14,15,16). The van der Waals surface area contributed by atoms with Gasteiger partial charge in [0.15, 0.2) is 0 Å². The molecule has 0 atom stereocenters. The average molecular weight is 306 g/mol. The largest absolute Gasteiger partial charge is 0.333 e. The first-order valence-electron chi connectivity index (χ1n) is 4.82. The maximum Gasteiger partial charge on any atom is 0.319 e. The third kappa shape index (κ3) is 4.41. The molecule has 0 aromatic heterocycles. The molecule has 0 spiro atoms. The highest BCUT2D eigenvalue weighted by Gasteiger charge is 2.14. The van der Waals surface area contributed by atoms with Crippen LogP contribution in [0.3, 0.4) is 0 Å². The van der Waals surface area contributed by atoms with Gasteiger partial charge in [0.05, 0.1) is 5.69 Å². The van der Waals surface area contributed by atoms with E-state index in [-0.39, 0.29) is 11.6 Å². The van der Waals surface area contributed by atoms with E-state index in [2.05, 4.69) is 26.6 Å². The summed E-state index contributed by atoms with van der Waals surface area (Å²) in [6, 6.07) is 4.97. The number of hydrogen-bond donors (Lipinski definition) is 2. The van der Waals surface area contributed by atoms with E-state index >= 15 is 0 Å². The molecule has 0 heterocycles. The Morgan fingerprint density at radius 1 is 1.38 bits per heavy atom. The summed E-state index contributed by atoms with van der Waals surface area (Å²) in [5.41, 5.74) is 0.379. The molecule has 2 amide bonds. The Labute approximate surface area is 109 Å². The Morgan fingerprint density at radius 2 is 2.00 bits per heavy atom. The van der Waals surface area contributed by atoms with E-state index in [4.69, 9.17) is 11.6 Å². The minimum Gasteiger partial charge on any atom is -0.333 e. The molecule has 1 rings (SSSR count). The lowest BCUT2D eigenvalue weighted by atomic mass is 10.1. The summed E-state index contributed by atoms with van der Waals surface area (Å²) < 4.78 is 0.793. The van der Waals surface area contributed by atoms with Crippen LogP contribution < -0.4 is 10.6 Å². The first kappa shape index (κ1) is 13.3. The van der Waals surface area contributed by atoms with Crippen LogP contribution in [0.4, 0.5) is 10.5 Å². The molecule has 0 aliphatic carbocycles. The summed E-state index contributed by atoms with van der Waals surface area (Å²) in [5.74, 6) is 0. The van der Waals surface area contributed by atoms with Crippen LogP contribution in [0.25, 0.3) is 0 Å². The molecule has 16 heavy (non-hydrogen) atoms. The summed E-state index contributed by atoms with van der Waals surface area (Å²) in [6.07, 6.45) is 0. The number of anilines is 1. The molecule has 0 fully saturated rings. The molecule has 5 heteroatoms. The van der Waals surface area contributed by atoms with Crippen LogP contribution >= 0.6 is 27.5 Å². The number of hydrogen-bond acceptors (Lipinski definition) is 1. The third-order valence-corrected chi connectivity index (χ3v) is 2.59. The van der Waals surface area contributed by atoms with Crippen molar-refractivity contribution in [1.82, 2.24) is 5.32 Å². The lowest BCUT2D eigenvalue weighted by Gasteiger charge is -2.21. The molecule has 0 saturated carbocycles. The molecular weight excluding hydrogens is 291 g/mol. The Kier molecular flexibility index (Phi) is 4.21. The van der Waals surface area contributed by atoms with Crippen molar-refractivity contribution < 1.29 is 4.79 Å².